The van der Waals surface area contributed by atoms with Gasteiger partial charge in [0.15, 0.2) is 0 Å². The average molecular weight is 363 g/mol. The van der Waals surface area contributed by atoms with Gasteiger partial charge in [-0.05, 0) is 67.0 Å². The van der Waals surface area contributed by atoms with E-state index >= 15 is 0 Å². The Hall–Kier alpha value is -1.94. The van der Waals surface area contributed by atoms with Crippen molar-refractivity contribution in [2.75, 3.05) is 0 Å². The lowest BCUT2D eigenvalue weighted by Gasteiger charge is -2.21. The number of hydrogen-bond acceptors (Lipinski definition) is 1. The fourth-order valence-electron chi connectivity index (χ4n) is 3.89. The second kappa shape index (κ2) is 7.12. The van der Waals surface area contributed by atoms with E-state index in [0.29, 0.717) is 12.3 Å². The van der Waals surface area contributed by atoms with E-state index in [2.05, 4.69) is 16.5 Å². The summed E-state index contributed by atoms with van der Waals surface area (Å²) in [5.41, 5.74) is 4.58. The molecule has 0 spiro atoms. The lowest BCUT2D eigenvalue weighted by Crippen LogP contribution is -2.14. The first-order valence-electron chi connectivity index (χ1n) is 8.51. The van der Waals surface area contributed by atoms with Crippen LogP contribution in [0.15, 0.2) is 36.7 Å². The molecule has 25 heavy (non-hydrogen) atoms. The van der Waals surface area contributed by atoms with Crippen molar-refractivity contribution >= 4 is 23.3 Å². The second-order valence-electron chi connectivity index (χ2n) is 6.85. The Bertz CT molecular complexity index is 904. The van der Waals surface area contributed by atoms with Gasteiger partial charge in [0.1, 0.15) is 11.6 Å². The number of benzene rings is 1. The van der Waals surface area contributed by atoms with E-state index < -0.39 is 0 Å². The highest BCUT2D eigenvalue weighted by atomic mass is 35.5. The van der Waals surface area contributed by atoms with Crippen LogP contribution in [0.25, 0.3) is 10.9 Å². The molecule has 0 amide bonds. The SMILES string of the molecule is CC1CCc2c(c3cc(F)ccc3n2CCc2cncc(F)c2)C1.Cl. The zero-order valence-electron chi connectivity index (χ0n) is 14.1. The third kappa shape index (κ3) is 3.40. The normalized spacial score (nSPS) is 16.5. The summed E-state index contributed by atoms with van der Waals surface area (Å²) in [5.74, 6) is 0.144. The van der Waals surface area contributed by atoms with E-state index in [1.165, 1.54) is 29.6 Å². The van der Waals surface area contributed by atoms with Crippen LogP contribution in [0.5, 0.6) is 0 Å². The summed E-state index contributed by atoms with van der Waals surface area (Å²) in [7, 11) is 0. The summed E-state index contributed by atoms with van der Waals surface area (Å²) < 4.78 is 29.4. The van der Waals surface area contributed by atoms with Gasteiger partial charge in [-0.3, -0.25) is 4.98 Å². The van der Waals surface area contributed by atoms with Gasteiger partial charge in [0.2, 0.25) is 0 Å². The number of halogens is 3. The van der Waals surface area contributed by atoms with Crippen LogP contribution in [0.2, 0.25) is 0 Å². The number of nitrogens with zero attached hydrogens (tertiary/aromatic N) is 2. The molecule has 0 N–H and O–H groups in total. The van der Waals surface area contributed by atoms with E-state index in [4.69, 9.17) is 0 Å². The summed E-state index contributed by atoms with van der Waals surface area (Å²) in [5, 5.41) is 1.04. The average Bonchev–Trinajstić information content (AvgIpc) is 2.85. The number of rotatable bonds is 3. The van der Waals surface area contributed by atoms with E-state index in [0.717, 1.165) is 42.3 Å². The zero-order valence-corrected chi connectivity index (χ0v) is 15.0. The molecule has 1 aromatic carbocycles. The van der Waals surface area contributed by atoms with Crippen LogP contribution in [0, 0.1) is 17.6 Å². The Morgan fingerprint density at radius 1 is 1.16 bits per heavy atom. The van der Waals surface area contributed by atoms with Crippen LogP contribution in [0.1, 0.15) is 30.2 Å². The van der Waals surface area contributed by atoms with Gasteiger partial charge in [-0.15, -0.1) is 12.4 Å². The fourth-order valence-corrected chi connectivity index (χ4v) is 3.89. The van der Waals surface area contributed by atoms with Crippen molar-refractivity contribution < 1.29 is 8.78 Å². The molecular weight excluding hydrogens is 342 g/mol. The minimum absolute atomic E-state index is 0. The first kappa shape index (κ1) is 17.9. The lowest BCUT2D eigenvalue weighted by atomic mass is 9.87. The van der Waals surface area contributed by atoms with E-state index in [1.807, 2.05) is 6.07 Å². The van der Waals surface area contributed by atoms with Crippen molar-refractivity contribution in [3.8, 4) is 0 Å². The summed E-state index contributed by atoms with van der Waals surface area (Å²) in [6, 6.07) is 6.59. The number of aryl methyl sites for hydroxylation is 2. The largest absolute Gasteiger partial charge is 0.344 e. The molecule has 1 atom stereocenters. The molecule has 0 saturated carbocycles. The van der Waals surface area contributed by atoms with Gasteiger partial charge in [0, 0.05) is 29.3 Å². The summed E-state index contributed by atoms with van der Waals surface area (Å²) >= 11 is 0. The second-order valence-corrected chi connectivity index (χ2v) is 6.85. The molecule has 2 heterocycles. The Morgan fingerprint density at radius 2 is 2.00 bits per heavy atom. The molecule has 1 aliphatic rings. The maximum Gasteiger partial charge on any atom is 0.141 e. The number of pyridine rings is 1. The molecule has 0 radical (unpaired) electrons. The highest BCUT2D eigenvalue weighted by molar-refractivity contribution is 5.86. The van der Waals surface area contributed by atoms with Crippen LogP contribution in [-0.4, -0.2) is 9.55 Å². The summed E-state index contributed by atoms with van der Waals surface area (Å²) in [4.78, 5) is 3.92. The molecule has 4 rings (SSSR count). The Morgan fingerprint density at radius 3 is 2.80 bits per heavy atom. The molecule has 1 aliphatic carbocycles. The molecule has 0 fully saturated rings. The van der Waals surface area contributed by atoms with Crippen LogP contribution < -0.4 is 0 Å². The maximum atomic E-state index is 13.7. The third-order valence-electron chi connectivity index (χ3n) is 5.06. The fraction of sp³-hybridized carbons (Fsp3) is 0.350. The summed E-state index contributed by atoms with van der Waals surface area (Å²) in [6.45, 7) is 3.01. The van der Waals surface area contributed by atoms with Gasteiger partial charge >= 0.3 is 0 Å². The molecule has 2 nitrogen and oxygen atoms in total. The highest BCUT2D eigenvalue weighted by Gasteiger charge is 2.23. The molecule has 2 aromatic heterocycles. The first-order chi connectivity index (χ1) is 11.6. The predicted molar refractivity (Wildman–Crippen MR) is 98.2 cm³/mol. The van der Waals surface area contributed by atoms with Gasteiger partial charge in [-0.2, -0.15) is 0 Å². The number of hydrogen-bond donors (Lipinski definition) is 0. The van der Waals surface area contributed by atoms with Crippen molar-refractivity contribution in [3.05, 3.63) is 65.1 Å². The number of aromatic nitrogens is 2. The first-order valence-corrected chi connectivity index (χ1v) is 8.51. The quantitative estimate of drug-likeness (QED) is 0.633. The standard InChI is InChI=1S/C20H20F2N2.ClH/c1-13-2-4-19-17(8-13)18-10-15(21)3-5-20(18)24(19)7-6-14-9-16(22)12-23-11-14;/h3,5,9-13H,2,4,6-8H2,1H3;1H. The maximum absolute atomic E-state index is 13.7. The predicted octanol–water partition coefficient (Wildman–Crippen LogP) is 5.10. The van der Waals surface area contributed by atoms with Crippen molar-refractivity contribution in [2.45, 2.75) is 39.2 Å². The molecule has 0 saturated heterocycles. The topological polar surface area (TPSA) is 17.8 Å². The van der Waals surface area contributed by atoms with Crippen molar-refractivity contribution in [1.29, 1.82) is 0 Å². The van der Waals surface area contributed by atoms with Gasteiger partial charge in [0.05, 0.1) is 6.20 Å². The minimum atomic E-state index is -0.303. The molecule has 0 aliphatic heterocycles. The van der Waals surface area contributed by atoms with Gasteiger partial charge in [-0.25, -0.2) is 8.78 Å². The molecule has 1 unspecified atom stereocenters. The monoisotopic (exact) mass is 362 g/mol. The smallest absolute Gasteiger partial charge is 0.141 e. The van der Waals surface area contributed by atoms with Crippen LogP contribution >= 0.6 is 12.4 Å². The van der Waals surface area contributed by atoms with E-state index in [1.54, 1.807) is 12.3 Å². The number of fused-ring (bicyclic) bond motifs is 3. The van der Waals surface area contributed by atoms with Gasteiger partial charge in [-0.1, -0.05) is 6.92 Å². The Kier molecular flexibility index (Phi) is 5.09. The minimum Gasteiger partial charge on any atom is -0.344 e. The zero-order chi connectivity index (χ0) is 16.7. The lowest BCUT2D eigenvalue weighted by molar-refractivity contribution is 0.484. The highest BCUT2D eigenvalue weighted by Crippen LogP contribution is 2.34. The van der Waals surface area contributed by atoms with Gasteiger partial charge in [0.25, 0.3) is 0 Å². The molecule has 3 aromatic rings. The van der Waals surface area contributed by atoms with Crippen LogP contribution in [0.4, 0.5) is 8.78 Å². The molecule has 5 heteroatoms. The Balaban J connectivity index is 0.00000182. The summed E-state index contributed by atoms with van der Waals surface area (Å²) in [6.07, 6.45) is 6.84. The molecule has 132 valence electrons. The van der Waals surface area contributed by atoms with Crippen molar-refractivity contribution in [1.82, 2.24) is 9.55 Å². The van der Waals surface area contributed by atoms with Crippen LogP contribution in [-0.2, 0) is 25.8 Å². The van der Waals surface area contributed by atoms with Gasteiger partial charge < -0.3 is 4.57 Å². The van der Waals surface area contributed by atoms with Crippen molar-refractivity contribution in [2.24, 2.45) is 5.92 Å². The molecular formula is C20H21ClF2N2. The molecule has 0 bridgehead atoms. The van der Waals surface area contributed by atoms with Crippen molar-refractivity contribution in [3.63, 3.8) is 0 Å². The van der Waals surface area contributed by atoms with E-state index in [9.17, 15) is 8.78 Å². The Labute approximate surface area is 152 Å². The van der Waals surface area contributed by atoms with E-state index in [-0.39, 0.29) is 24.0 Å². The van der Waals surface area contributed by atoms with Crippen LogP contribution in [0.3, 0.4) is 0 Å². The third-order valence-corrected chi connectivity index (χ3v) is 5.06.